The van der Waals surface area contributed by atoms with Gasteiger partial charge >= 0.3 is 0 Å². The van der Waals surface area contributed by atoms with Crippen molar-refractivity contribution in [2.45, 2.75) is 51.0 Å². The van der Waals surface area contributed by atoms with Crippen LogP contribution in [0.1, 0.15) is 32.1 Å². The van der Waals surface area contributed by atoms with E-state index in [9.17, 15) is 4.79 Å². The molecule has 2 aliphatic heterocycles. The van der Waals surface area contributed by atoms with E-state index in [1.165, 1.54) is 0 Å². The molecule has 6 nitrogen and oxygen atoms in total. The number of fused-ring (bicyclic) bond motifs is 1. The zero-order valence-corrected chi connectivity index (χ0v) is 15.8. The first-order chi connectivity index (χ1) is 12.5. The molecule has 0 aliphatic carbocycles. The quantitative estimate of drug-likeness (QED) is 0.773. The van der Waals surface area contributed by atoms with Gasteiger partial charge in [0.15, 0.2) is 12.1 Å². The summed E-state index contributed by atoms with van der Waals surface area (Å²) >= 11 is 0. The smallest absolute Gasteiger partial charge is 0.184 e. The van der Waals surface area contributed by atoms with E-state index < -0.39 is 23.9 Å². The minimum absolute atomic E-state index is 0.0512. The molecule has 0 amide bonds. The molecule has 26 heavy (non-hydrogen) atoms. The van der Waals surface area contributed by atoms with Gasteiger partial charge in [-0.25, -0.2) is 0 Å². The average Bonchev–Trinajstić information content (AvgIpc) is 2.66. The summed E-state index contributed by atoms with van der Waals surface area (Å²) in [5.74, 6) is 0.0512. The summed E-state index contributed by atoms with van der Waals surface area (Å²) in [5.41, 5.74) is 0.225. The van der Waals surface area contributed by atoms with Crippen molar-refractivity contribution in [1.29, 1.82) is 0 Å². The molecule has 0 bridgehead atoms. The van der Waals surface area contributed by atoms with Crippen LogP contribution in [0.25, 0.3) is 0 Å². The zero-order valence-electron chi connectivity index (χ0n) is 15.8. The molecular weight excluding hydrogens is 336 g/mol. The van der Waals surface area contributed by atoms with Crippen molar-refractivity contribution in [3.63, 3.8) is 0 Å². The maximum absolute atomic E-state index is 13.2. The Morgan fingerprint density at radius 2 is 1.92 bits per heavy atom. The highest BCUT2D eigenvalue weighted by Crippen LogP contribution is 2.41. The van der Waals surface area contributed by atoms with Crippen LogP contribution >= 0.6 is 0 Å². The van der Waals surface area contributed by atoms with Gasteiger partial charge in [-0.05, 0) is 0 Å². The first-order valence-corrected chi connectivity index (χ1v) is 9.01. The number of hydrogen-bond donors (Lipinski definition) is 0. The summed E-state index contributed by atoms with van der Waals surface area (Å²) in [5, 5.41) is 0. The lowest BCUT2D eigenvalue weighted by molar-refractivity contribution is -0.290. The molecule has 3 rings (SSSR count). The van der Waals surface area contributed by atoms with Gasteiger partial charge in [-0.2, -0.15) is 0 Å². The van der Waals surface area contributed by atoms with Crippen LogP contribution in [0.5, 0.6) is 0 Å². The van der Waals surface area contributed by atoms with Crippen molar-refractivity contribution in [3.8, 4) is 0 Å². The number of carbonyl (C=O) groups is 1. The summed E-state index contributed by atoms with van der Waals surface area (Å²) < 4.78 is 28.7. The van der Waals surface area contributed by atoms with Crippen molar-refractivity contribution in [2.24, 2.45) is 5.41 Å². The van der Waals surface area contributed by atoms with E-state index in [1.807, 2.05) is 44.2 Å². The molecule has 0 saturated carbocycles. The molecule has 1 unspecified atom stereocenters. The summed E-state index contributed by atoms with van der Waals surface area (Å²) in [4.78, 5) is 13.2. The molecule has 2 aliphatic rings. The van der Waals surface area contributed by atoms with Crippen LogP contribution < -0.4 is 0 Å². The van der Waals surface area contributed by atoms with E-state index in [-0.39, 0.29) is 18.0 Å². The summed E-state index contributed by atoms with van der Waals surface area (Å²) in [6.07, 6.45) is -1.40. The first kappa shape index (κ1) is 19.5. The minimum atomic E-state index is -0.676. The molecule has 0 N–H and O–H groups in total. The van der Waals surface area contributed by atoms with Crippen LogP contribution in [-0.2, 0) is 28.5 Å². The topological polar surface area (TPSA) is 63.2 Å². The number of benzene rings is 1. The van der Waals surface area contributed by atoms with E-state index in [0.29, 0.717) is 19.6 Å². The Morgan fingerprint density at radius 3 is 2.58 bits per heavy atom. The van der Waals surface area contributed by atoms with E-state index in [2.05, 4.69) is 0 Å². The van der Waals surface area contributed by atoms with Gasteiger partial charge in [0.05, 0.1) is 30.8 Å². The number of methoxy groups -OCH3 is 2. The van der Waals surface area contributed by atoms with E-state index in [4.69, 9.17) is 23.7 Å². The molecule has 1 aromatic carbocycles. The van der Waals surface area contributed by atoms with Crippen molar-refractivity contribution in [1.82, 2.24) is 0 Å². The third kappa shape index (κ3) is 3.85. The van der Waals surface area contributed by atoms with Gasteiger partial charge in [0.2, 0.25) is 0 Å². The Hall–Kier alpha value is -1.31. The molecule has 2 fully saturated rings. The van der Waals surface area contributed by atoms with Gasteiger partial charge in [0.1, 0.15) is 12.2 Å². The molecule has 2 saturated heterocycles. The van der Waals surface area contributed by atoms with Crippen LogP contribution in [0.15, 0.2) is 30.3 Å². The highest BCUT2D eigenvalue weighted by atomic mass is 16.7. The van der Waals surface area contributed by atoms with E-state index in [1.54, 1.807) is 14.2 Å². The van der Waals surface area contributed by atoms with Gasteiger partial charge in [0.25, 0.3) is 0 Å². The molecule has 1 aromatic rings. The molecule has 0 radical (unpaired) electrons. The van der Waals surface area contributed by atoms with Crippen LogP contribution in [0.4, 0.5) is 0 Å². The molecule has 0 spiro atoms. The summed E-state index contributed by atoms with van der Waals surface area (Å²) in [6, 6.07) is 9.65. The molecule has 2 heterocycles. The lowest BCUT2D eigenvalue weighted by Gasteiger charge is -2.48. The van der Waals surface area contributed by atoms with Crippen molar-refractivity contribution in [2.75, 3.05) is 27.4 Å². The van der Waals surface area contributed by atoms with Crippen LogP contribution in [0, 0.1) is 5.41 Å². The number of rotatable bonds is 6. The SMILES string of the molecule is COC[C@H](C[C@H]1O[C@@H]2COC(c3ccccc3)O[C@@H]2C(=O)C1(C)C)OC. The Labute approximate surface area is 154 Å². The standard InChI is InChI=1S/C20H28O6/c1-20(2)16(10-14(23-4)11-22-3)25-15-12-24-19(26-17(15)18(20)21)13-8-6-5-7-9-13/h5-9,14-17,19H,10-12H2,1-4H3/t14-,15+,16+,17-,19?/m0/s1. The minimum Gasteiger partial charge on any atom is -0.382 e. The fraction of sp³-hybridized carbons (Fsp3) is 0.650. The number of Topliss-reactive ketones (excluding diaryl/α,β-unsaturated/α-hetero) is 1. The van der Waals surface area contributed by atoms with Gasteiger partial charge in [-0.1, -0.05) is 44.2 Å². The second kappa shape index (κ2) is 8.15. The van der Waals surface area contributed by atoms with E-state index in [0.717, 1.165) is 5.56 Å². The Morgan fingerprint density at radius 1 is 1.19 bits per heavy atom. The zero-order chi connectivity index (χ0) is 18.7. The molecule has 0 aromatic heterocycles. The molecular formula is C20H28O6. The maximum Gasteiger partial charge on any atom is 0.184 e. The summed E-state index contributed by atoms with van der Waals surface area (Å²) in [7, 11) is 3.27. The fourth-order valence-corrected chi connectivity index (χ4v) is 3.57. The number of hydrogen-bond acceptors (Lipinski definition) is 6. The average molecular weight is 364 g/mol. The second-order valence-electron chi connectivity index (χ2n) is 7.43. The Balaban J connectivity index is 1.73. The Kier molecular flexibility index (Phi) is 6.10. The summed E-state index contributed by atoms with van der Waals surface area (Å²) in [6.45, 7) is 4.60. The van der Waals surface area contributed by atoms with Gasteiger partial charge in [-0.15, -0.1) is 0 Å². The molecule has 6 heteroatoms. The van der Waals surface area contributed by atoms with Crippen LogP contribution in [-0.4, -0.2) is 57.6 Å². The van der Waals surface area contributed by atoms with Crippen molar-refractivity contribution < 1.29 is 28.5 Å². The maximum atomic E-state index is 13.2. The predicted octanol–water partition coefficient (Wildman–Crippen LogP) is 2.51. The third-order valence-electron chi connectivity index (χ3n) is 5.29. The van der Waals surface area contributed by atoms with Gasteiger partial charge in [0, 0.05) is 26.2 Å². The lowest BCUT2D eigenvalue weighted by atomic mass is 9.74. The normalized spacial score (nSPS) is 32.1. The van der Waals surface area contributed by atoms with Gasteiger partial charge < -0.3 is 23.7 Å². The Bertz CT molecular complexity index is 602. The molecule has 5 atom stereocenters. The largest absolute Gasteiger partial charge is 0.382 e. The monoisotopic (exact) mass is 364 g/mol. The van der Waals surface area contributed by atoms with Crippen molar-refractivity contribution in [3.05, 3.63) is 35.9 Å². The fourth-order valence-electron chi connectivity index (χ4n) is 3.57. The number of ether oxygens (including phenoxy) is 5. The predicted molar refractivity (Wildman–Crippen MR) is 94.7 cm³/mol. The van der Waals surface area contributed by atoms with E-state index >= 15 is 0 Å². The first-order valence-electron chi connectivity index (χ1n) is 9.01. The highest BCUT2D eigenvalue weighted by molar-refractivity contribution is 5.90. The van der Waals surface area contributed by atoms with Crippen molar-refractivity contribution >= 4 is 5.78 Å². The molecule has 144 valence electrons. The third-order valence-corrected chi connectivity index (χ3v) is 5.29. The lowest BCUT2D eigenvalue weighted by Crippen LogP contribution is -2.61. The highest BCUT2D eigenvalue weighted by Gasteiger charge is 2.53. The van der Waals surface area contributed by atoms with Crippen LogP contribution in [0.2, 0.25) is 0 Å². The number of ketones is 1. The second-order valence-corrected chi connectivity index (χ2v) is 7.43. The van der Waals surface area contributed by atoms with Crippen LogP contribution in [0.3, 0.4) is 0 Å². The number of carbonyl (C=O) groups excluding carboxylic acids is 1. The van der Waals surface area contributed by atoms with Gasteiger partial charge in [-0.3, -0.25) is 4.79 Å².